The number of imidazole rings is 1. The summed E-state index contributed by atoms with van der Waals surface area (Å²) < 4.78 is 7.36. The second-order valence-corrected chi connectivity index (χ2v) is 4.49. The van der Waals surface area contributed by atoms with Gasteiger partial charge < -0.3 is 10.1 Å². The molecule has 0 bridgehead atoms. The summed E-state index contributed by atoms with van der Waals surface area (Å²) in [5, 5.41) is 3.40. The summed E-state index contributed by atoms with van der Waals surface area (Å²) in [6.07, 6.45) is 4.37. The topological polar surface area (TPSA) is 38.6 Å². The fourth-order valence-electron chi connectivity index (χ4n) is 2.56. The molecule has 4 nitrogen and oxygen atoms in total. The van der Waals surface area contributed by atoms with Crippen molar-refractivity contribution in [2.45, 2.75) is 18.8 Å². The molecule has 2 aromatic heterocycles. The van der Waals surface area contributed by atoms with Gasteiger partial charge in [-0.25, -0.2) is 0 Å². The standard InChI is InChI=1S/C13H17N3O/c1-17-13-9-16-11(3-2-4-12(16)15-13)10-5-7-14-8-6-10/h2-4,9-10,14H,5-8H2,1H3. The van der Waals surface area contributed by atoms with Crippen LogP contribution in [0.15, 0.2) is 24.4 Å². The molecule has 0 saturated carbocycles. The van der Waals surface area contributed by atoms with Crippen LogP contribution in [-0.2, 0) is 0 Å². The highest BCUT2D eigenvalue weighted by molar-refractivity contribution is 5.44. The van der Waals surface area contributed by atoms with Gasteiger partial charge in [0.1, 0.15) is 5.65 Å². The van der Waals surface area contributed by atoms with Crippen molar-refractivity contribution in [3.63, 3.8) is 0 Å². The molecule has 1 aliphatic heterocycles. The number of methoxy groups -OCH3 is 1. The number of ether oxygens (including phenoxy) is 1. The quantitative estimate of drug-likeness (QED) is 0.856. The maximum Gasteiger partial charge on any atom is 0.232 e. The molecule has 17 heavy (non-hydrogen) atoms. The first-order chi connectivity index (χ1) is 8.38. The average Bonchev–Trinajstić information content (AvgIpc) is 2.82. The number of aromatic nitrogens is 2. The normalized spacial score (nSPS) is 17.5. The highest BCUT2D eigenvalue weighted by Gasteiger charge is 2.18. The number of hydrogen-bond donors (Lipinski definition) is 1. The summed E-state index contributed by atoms with van der Waals surface area (Å²) in [4.78, 5) is 4.41. The van der Waals surface area contributed by atoms with E-state index >= 15 is 0 Å². The van der Waals surface area contributed by atoms with Gasteiger partial charge in [-0.05, 0) is 38.1 Å². The Morgan fingerprint density at radius 1 is 1.35 bits per heavy atom. The lowest BCUT2D eigenvalue weighted by Crippen LogP contribution is -2.27. The Balaban J connectivity index is 2.05. The number of fused-ring (bicyclic) bond motifs is 1. The SMILES string of the molecule is COc1cn2c(C3CCNCC3)cccc2n1. The van der Waals surface area contributed by atoms with Crippen molar-refractivity contribution >= 4 is 5.65 Å². The smallest absolute Gasteiger partial charge is 0.232 e. The average molecular weight is 231 g/mol. The Bertz CT molecular complexity index is 514. The van der Waals surface area contributed by atoms with E-state index in [2.05, 4.69) is 26.8 Å². The molecule has 1 saturated heterocycles. The maximum absolute atomic E-state index is 5.20. The summed E-state index contributed by atoms with van der Waals surface area (Å²) in [6.45, 7) is 2.21. The highest BCUT2D eigenvalue weighted by atomic mass is 16.5. The van der Waals surface area contributed by atoms with Crippen LogP contribution < -0.4 is 10.1 Å². The molecule has 0 aliphatic carbocycles. The van der Waals surface area contributed by atoms with Gasteiger partial charge in [-0.3, -0.25) is 4.40 Å². The molecule has 4 heteroatoms. The van der Waals surface area contributed by atoms with Gasteiger partial charge in [0.15, 0.2) is 0 Å². The first kappa shape index (κ1) is 10.6. The number of hydrogen-bond acceptors (Lipinski definition) is 3. The zero-order valence-corrected chi connectivity index (χ0v) is 10.0. The molecular weight excluding hydrogens is 214 g/mol. The van der Waals surface area contributed by atoms with Gasteiger partial charge in [0.25, 0.3) is 0 Å². The van der Waals surface area contributed by atoms with Crippen molar-refractivity contribution in [2.75, 3.05) is 20.2 Å². The molecule has 0 atom stereocenters. The van der Waals surface area contributed by atoms with Gasteiger partial charge in [0, 0.05) is 11.6 Å². The van der Waals surface area contributed by atoms with Crippen molar-refractivity contribution in [3.8, 4) is 5.88 Å². The first-order valence-electron chi connectivity index (χ1n) is 6.11. The van der Waals surface area contributed by atoms with E-state index in [1.165, 1.54) is 18.5 Å². The van der Waals surface area contributed by atoms with E-state index in [0.717, 1.165) is 18.7 Å². The third kappa shape index (κ3) is 1.89. The van der Waals surface area contributed by atoms with Crippen LogP contribution in [0.1, 0.15) is 24.5 Å². The number of pyridine rings is 1. The summed E-state index contributed by atoms with van der Waals surface area (Å²) in [6, 6.07) is 6.30. The third-order valence-corrected chi connectivity index (χ3v) is 3.47. The summed E-state index contributed by atoms with van der Waals surface area (Å²) in [7, 11) is 1.66. The molecule has 0 radical (unpaired) electrons. The van der Waals surface area contributed by atoms with E-state index in [0.29, 0.717) is 11.8 Å². The summed E-state index contributed by atoms with van der Waals surface area (Å²) >= 11 is 0. The molecular formula is C13H17N3O. The van der Waals surface area contributed by atoms with E-state index in [4.69, 9.17) is 4.74 Å². The molecule has 1 aliphatic rings. The van der Waals surface area contributed by atoms with Crippen LogP contribution in [0.4, 0.5) is 0 Å². The van der Waals surface area contributed by atoms with E-state index < -0.39 is 0 Å². The second kappa shape index (κ2) is 4.37. The Kier molecular flexibility index (Phi) is 2.73. The van der Waals surface area contributed by atoms with Gasteiger partial charge in [0.2, 0.25) is 5.88 Å². The number of rotatable bonds is 2. The molecule has 3 heterocycles. The molecule has 3 rings (SSSR count). The summed E-state index contributed by atoms with van der Waals surface area (Å²) in [5.41, 5.74) is 2.32. The summed E-state index contributed by atoms with van der Waals surface area (Å²) in [5.74, 6) is 1.31. The van der Waals surface area contributed by atoms with E-state index in [9.17, 15) is 0 Å². The molecule has 90 valence electrons. The largest absolute Gasteiger partial charge is 0.480 e. The van der Waals surface area contributed by atoms with Crippen LogP contribution >= 0.6 is 0 Å². The van der Waals surface area contributed by atoms with E-state index in [-0.39, 0.29) is 0 Å². The predicted octanol–water partition coefficient (Wildman–Crippen LogP) is 1.81. The van der Waals surface area contributed by atoms with Gasteiger partial charge in [-0.2, -0.15) is 4.98 Å². The first-order valence-corrected chi connectivity index (χ1v) is 6.11. The van der Waals surface area contributed by atoms with Crippen LogP contribution in [0, 0.1) is 0 Å². The van der Waals surface area contributed by atoms with E-state index in [1.54, 1.807) is 7.11 Å². The molecule has 0 aromatic carbocycles. The molecule has 0 unspecified atom stereocenters. The van der Waals surface area contributed by atoms with Crippen LogP contribution in [0.25, 0.3) is 5.65 Å². The third-order valence-electron chi connectivity index (χ3n) is 3.47. The molecule has 1 fully saturated rings. The zero-order chi connectivity index (χ0) is 11.7. The van der Waals surface area contributed by atoms with Gasteiger partial charge >= 0.3 is 0 Å². The van der Waals surface area contributed by atoms with Crippen LogP contribution in [-0.4, -0.2) is 29.6 Å². The van der Waals surface area contributed by atoms with Crippen LogP contribution in [0.2, 0.25) is 0 Å². The van der Waals surface area contributed by atoms with Crippen molar-refractivity contribution in [2.24, 2.45) is 0 Å². The Morgan fingerprint density at radius 3 is 2.94 bits per heavy atom. The maximum atomic E-state index is 5.20. The minimum absolute atomic E-state index is 0.624. The lowest BCUT2D eigenvalue weighted by molar-refractivity contribution is 0.400. The van der Waals surface area contributed by atoms with Crippen molar-refractivity contribution in [3.05, 3.63) is 30.1 Å². The van der Waals surface area contributed by atoms with Crippen LogP contribution in [0.5, 0.6) is 5.88 Å². The zero-order valence-electron chi connectivity index (χ0n) is 10.0. The van der Waals surface area contributed by atoms with Crippen molar-refractivity contribution < 1.29 is 4.74 Å². The molecule has 2 aromatic rings. The Hall–Kier alpha value is -1.55. The minimum atomic E-state index is 0.624. The number of nitrogens with zero attached hydrogens (tertiary/aromatic N) is 2. The number of nitrogens with one attached hydrogen (secondary N) is 1. The van der Waals surface area contributed by atoms with Crippen molar-refractivity contribution in [1.29, 1.82) is 0 Å². The Morgan fingerprint density at radius 2 is 2.18 bits per heavy atom. The van der Waals surface area contributed by atoms with Gasteiger partial charge in [-0.15, -0.1) is 0 Å². The second-order valence-electron chi connectivity index (χ2n) is 4.49. The Labute approximate surface area is 101 Å². The monoisotopic (exact) mass is 231 g/mol. The van der Waals surface area contributed by atoms with Crippen molar-refractivity contribution in [1.82, 2.24) is 14.7 Å². The van der Waals surface area contributed by atoms with E-state index in [1.807, 2.05) is 12.3 Å². The molecule has 0 amide bonds. The molecule has 0 spiro atoms. The minimum Gasteiger partial charge on any atom is -0.480 e. The fourth-order valence-corrected chi connectivity index (χ4v) is 2.56. The van der Waals surface area contributed by atoms with Gasteiger partial charge in [-0.1, -0.05) is 6.07 Å². The fraction of sp³-hybridized carbons (Fsp3) is 0.462. The predicted molar refractivity (Wildman–Crippen MR) is 66.6 cm³/mol. The lowest BCUT2D eigenvalue weighted by atomic mass is 9.94. The molecule has 1 N–H and O–H groups in total. The lowest BCUT2D eigenvalue weighted by Gasteiger charge is -2.23. The highest BCUT2D eigenvalue weighted by Crippen LogP contribution is 2.26. The van der Waals surface area contributed by atoms with Crippen LogP contribution in [0.3, 0.4) is 0 Å². The number of piperidine rings is 1. The van der Waals surface area contributed by atoms with Gasteiger partial charge in [0.05, 0.1) is 13.3 Å².